The molecule has 1 atom stereocenters. The molecule has 4 heterocycles. The lowest BCUT2D eigenvalue weighted by Gasteiger charge is -2.32. The van der Waals surface area contributed by atoms with E-state index in [0.29, 0.717) is 5.13 Å². The van der Waals surface area contributed by atoms with E-state index in [9.17, 15) is 18.0 Å². The number of nitrogens with one attached hydrogen (secondary N) is 2. The van der Waals surface area contributed by atoms with E-state index in [1.807, 2.05) is 12.1 Å². The van der Waals surface area contributed by atoms with Crippen LogP contribution in [0.2, 0.25) is 0 Å². The molecule has 0 aliphatic carbocycles. The van der Waals surface area contributed by atoms with Gasteiger partial charge in [0.05, 0.1) is 6.20 Å². The molecule has 1 fully saturated rings. The Morgan fingerprint density at radius 2 is 1.97 bits per heavy atom. The number of rotatable bonds is 8. The molecule has 1 unspecified atom stereocenters. The topological polar surface area (TPSA) is 127 Å². The van der Waals surface area contributed by atoms with Crippen LogP contribution in [0.1, 0.15) is 24.5 Å². The summed E-state index contributed by atoms with van der Waals surface area (Å²) in [4.78, 5) is 18.5. The third-order valence-electron chi connectivity index (χ3n) is 5.10. The Kier molecular flexibility index (Phi) is 7.55. The molecule has 0 aromatic carbocycles. The molecule has 2 N–H and O–H groups in total. The van der Waals surface area contributed by atoms with Gasteiger partial charge in [-0.2, -0.15) is 5.10 Å². The number of nitrogens with zero attached hydrogens (tertiary/aromatic N) is 6. The van der Waals surface area contributed by atoms with Gasteiger partial charge in [0.25, 0.3) is 5.91 Å². The molecule has 1 aliphatic rings. The molecule has 15 heteroatoms. The predicted molar refractivity (Wildman–Crippen MR) is 120 cm³/mol. The van der Waals surface area contributed by atoms with Crippen LogP contribution in [-0.4, -0.2) is 63.9 Å². The van der Waals surface area contributed by atoms with Gasteiger partial charge < -0.3 is 19.7 Å². The Balaban J connectivity index is 1.32. The summed E-state index contributed by atoms with van der Waals surface area (Å²) in [7, 11) is 1.25. The lowest BCUT2D eigenvalue weighted by Crippen LogP contribution is -2.39. The molecule has 11 nitrogen and oxygen atoms in total. The number of amides is 1. The summed E-state index contributed by atoms with van der Waals surface area (Å²) in [5.41, 5.74) is 0.0875. The van der Waals surface area contributed by atoms with Crippen molar-refractivity contribution in [3.05, 3.63) is 42.4 Å². The van der Waals surface area contributed by atoms with Crippen molar-refractivity contribution in [1.29, 1.82) is 0 Å². The normalized spacial score (nSPS) is 15.5. The Labute approximate surface area is 201 Å². The molecule has 35 heavy (non-hydrogen) atoms. The van der Waals surface area contributed by atoms with Crippen LogP contribution >= 0.6 is 11.3 Å². The van der Waals surface area contributed by atoms with Crippen LogP contribution in [-0.2, 0) is 9.53 Å². The van der Waals surface area contributed by atoms with Crippen LogP contribution < -0.4 is 20.3 Å². The fraction of sp³-hybridized carbons (Fsp3) is 0.400. The maximum Gasteiger partial charge on any atom is 0.573 e. The fourth-order valence-corrected chi connectivity index (χ4v) is 4.28. The first kappa shape index (κ1) is 24.5. The largest absolute Gasteiger partial charge is 0.573 e. The number of methoxy groups -OCH3 is 1. The van der Waals surface area contributed by atoms with Crippen molar-refractivity contribution in [1.82, 2.24) is 25.4 Å². The van der Waals surface area contributed by atoms with Crippen molar-refractivity contribution >= 4 is 33.3 Å². The number of aromatic nitrogens is 5. The van der Waals surface area contributed by atoms with Crippen LogP contribution in [0, 0.1) is 0 Å². The van der Waals surface area contributed by atoms with E-state index in [1.165, 1.54) is 13.3 Å². The summed E-state index contributed by atoms with van der Waals surface area (Å²) in [6, 6.07) is 4.98. The summed E-state index contributed by atoms with van der Waals surface area (Å²) < 4.78 is 46.5. The van der Waals surface area contributed by atoms with E-state index in [1.54, 1.807) is 6.20 Å². The van der Waals surface area contributed by atoms with E-state index in [2.05, 4.69) is 45.6 Å². The van der Waals surface area contributed by atoms with Crippen molar-refractivity contribution in [3.63, 3.8) is 0 Å². The Morgan fingerprint density at radius 1 is 1.20 bits per heavy atom. The minimum atomic E-state index is -4.88. The van der Waals surface area contributed by atoms with Gasteiger partial charge in [0, 0.05) is 44.2 Å². The Bertz CT molecular complexity index is 1130. The highest BCUT2D eigenvalue weighted by atomic mass is 32.1. The van der Waals surface area contributed by atoms with Gasteiger partial charge in [-0.3, -0.25) is 15.1 Å². The number of halogens is 3. The van der Waals surface area contributed by atoms with E-state index in [4.69, 9.17) is 4.74 Å². The first-order valence-electron chi connectivity index (χ1n) is 10.5. The number of anilines is 3. The van der Waals surface area contributed by atoms with Crippen LogP contribution in [0.5, 0.6) is 5.75 Å². The predicted octanol–water partition coefficient (Wildman–Crippen LogP) is 3.03. The minimum Gasteiger partial charge on any atom is -0.404 e. The second kappa shape index (κ2) is 10.8. The van der Waals surface area contributed by atoms with Gasteiger partial charge in [-0.25, -0.2) is 0 Å². The van der Waals surface area contributed by atoms with Crippen LogP contribution in [0.15, 0.2) is 36.8 Å². The van der Waals surface area contributed by atoms with Crippen LogP contribution in [0.25, 0.3) is 0 Å². The Hall–Kier alpha value is -3.59. The zero-order valence-corrected chi connectivity index (χ0v) is 19.2. The maximum atomic E-state index is 12.7. The molecule has 1 amide bonds. The third-order valence-corrected chi connectivity index (χ3v) is 5.87. The molecule has 3 aromatic rings. The lowest BCUT2D eigenvalue weighted by molar-refractivity contribution is -0.274. The number of carbonyl (C=O) groups excluding carboxylic acids is 1. The number of carbonyl (C=O) groups is 1. The van der Waals surface area contributed by atoms with Crippen molar-refractivity contribution in [2.24, 2.45) is 0 Å². The quantitative estimate of drug-likeness (QED) is 0.467. The highest BCUT2D eigenvalue weighted by Crippen LogP contribution is 2.28. The van der Waals surface area contributed by atoms with Crippen molar-refractivity contribution in [3.8, 4) is 5.75 Å². The first-order chi connectivity index (χ1) is 16.8. The third kappa shape index (κ3) is 6.73. The van der Waals surface area contributed by atoms with Gasteiger partial charge in [-0.05, 0) is 31.0 Å². The second-order valence-electron chi connectivity index (χ2n) is 7.51. The average molecular weight is 511 g/mol. The average Bonchev–Trinajstić information content (AvgIpc) is 3.26. The van der Waals surface area contributed by atoms with Gasteiger partial charge in [0.2, 0.25) is 10.3 Å². The maximum absolute atomic E-state index is 12.7. The lowest BCUT2D eigenvalue weighted by atomic mass is 10.1. The molecule has 1 saturated heterocycles. The SMILES string of the molecule is COC(C(=O)Nc1nnc(NC2CCN(c3cccnn3)CC2)s1)c1cncc(OC(F)(F)F)c1. The Morgan fingerprint density at radius 3 is 2.66 bits per heavy atom. The summed E-state index contributed by atoms with van der Waals surface area (Å²) in [6.45, 7) is 1.61. The van der Waals surface area contributed by atoms with E-state index in [0.717, 1.165) is 55.3 Å². The molecule has 0 saturated carbocycles. The molecule has 3 aromatic heterocycles. The number of alkyl halides is 3. The first-order valence-corrected chi connectivity index (χ1v) is 11.3. The standard InChI is InChI=1S/C20H21F3N8O3S/c1-33-16(12-9-14(11-24-10-12)34-20(21,22)23)17(32)27-19-30-29-18(35-19)26-13-4-7-31(8-5-13)15-3-2-6-25-28-15/h2-3,6,9-11,13,16H,4-5,7-8H2,1H3,(H,26,29)(H,27,30,32). The van der Waals surface area contributed by atoms with Gasteiger partial charge in [0.1, 0.15) is 5.75 Å². The molecule has 186 valence electrons. The molecule has 0 bridgehead atoms. The smallest absolute Gasteiger partial charge is 0.404 e. The molecule has 0 radical (unpaired) electrons. The van der Waals surface area contributed by atoms with E-state index < -0.39 is 24.1 Å². The highest BCUT2D eigenvalue weighted by Gasteiger charge is 2.32. The van der Waals surface area contributed by atoms with Gasteiger partial charge in [-0.1, -0.05) is 11.3 Å². The fourth-order valence-electron chi connectivity index (χ4n) is 3.56. The molecular formula is C20H21F3N8O3S. The number of pyridine rings is 1. The molecule has 1 aliphatic heterocycles. The summed E-state index contributed by atoms with van der Waals surface area (Å²) in [6.07, 6.45) is -0.661. The number of piperidine rings is 1. The van der Waals surface area contributed by atoms with E-state index in [-0.39, 0.29) is 16.7 Å². The van der Waals surface area contributed by atoms with Crippen molar-refractivity contribution in [2.45, 2.75) is 31.3 Å². The second-order valence-corrected chi connectivity index (χ2v) is 8.48. The zero-order valence-electron chi connectivity index (χ0n) is 18.4. The summed E-state index contributed by atoms with van der Waals surface area (Å²) in [5.74, 6) is -0.360. The number of ether oxygens (including phenoxy) is 2. The van der Waals surface area contributed by atoms with E-state index >= 15 is 0 Å². The number of hydrogen-bond donors (Lipinski definition) is 2. The minimum absolute atomic E-state index is 0.0875. The van der Waals surface area contributed by atoms with Crippen molar-refractivity contribution in [2.75, 3.05) is 35.7 Å². The zero-order chi connectivity index (χ0) is 24.8. The number of hydrogen-bond acceptors (Lipinski definition) is 11. The van der Waals surface area contributed by atoms with Crippen LogP contribution in [0.4, 0.5) is 29.3 Å². The monoisotopic (exact) mass is 510 g/mol. The van der Waals surface area contributed by atoms with Crippen LogP contribution in [0.3, 0.4) is 0 Å². The summed E-state index contributed by atoms with van der Waals surface area (Å²) in [5, 5.41) is 22.7. The highest BCUT2D eigenvalue weighted by molar-refractivity contribution is 7.19. The van der Waals surface area contributed by atoms with Crippen molar-refractivity contribution < 1.29 is 27.4 Å². The molecule has 0 spiro atoms. The van der Waals surface area contributed by atoms with Gasteiger partial charge >= 0.3 is 6.36 Å². The van der Waals surface area contributed by atoms with Gasteiger partial charge in [-0.15, -0.1) is 28.5 Å². The molecular weight excluding hydrogens is 489 g/mol. The molecule has 4 rings (SSSR count). The summed E-state index contributed by atoms with van der Waals surface area (Å²) >= 11 is 1.14. The van der Waals surface area contributed by atoms with Gasteiger partial charge in [0.15, 0.2) is 11.9 Å².